The predicted octanol–water partition coefficient (Wildman–Crippen LogP) is 2.11. The quantitative estimate of drug-likeness (QED) is 0.536. The Morgan fingerprint density at radius 1 is 1.06 bits per heavy atom. The molecule has 0 saturated carbocycles. The second-order valence-electron chi connectivity index (χ2n) is 3.99. The Morgan fingerprint density at radius 2 is 1.65 bits per heavy atom. The molecule has 0 heterocycles. The molecule has 0 rings (SSSR count). The van der Waals surface area contributed by atoms with Crippen molar-refractivity contribution in [2.24, 2.45) is 0 Å². The molecule has 0 N–H and O–H groups in total. The third kappa shape index (κ3) is 8.74. The van der Waals surface area contributed by atoms with E-state index < -0.39 is 9.28 Å². The van der Waals surface area contributed by atoms with Crippen LogP contribution in [-0.4, -0.2) is 48.4 Å². The SMILES string of the molecule is CCO[SiH](CC(CC)OCC(C)OC)OCC. The van der Waals surface area contributed by atoms with Gasteiger partial charge in [0.25, 0.3) is 0 Å². The lowest BCUT2D eigenvalue weighted by atomic mass is 10.3. The van der Waals surface area contributed by atoms with Crippen LogP contribution < -0.4 is 0 Å². The molecule has 0 aromatic rings. The number of hydrogen-bond acceptors (Lipinski definition) is 4. The van der Waals surface area contributed by atoms with E-state index in [9.17, 15) is 0 Å². The summed E-state index contributed by atoms with van der Waals surface area (Å²) in [5.41, 5.74) is 0. The second-order valence-corrected chi connectivity index (χ2v) is 5.98. The van der Waals surface area contributed by atoms with Gasteiger partial charge in [-0.15, -0.1) is 0 Å². The summed E-state index contributed by atoms with van der Waals surface area (Å²) in [7, 11) is 0.154. The Hall–Kier alpha value is 0.0569. The molecule has 0 bridgehead atoms. The van der Waals surface area contributed by atoms with Crippen LogP contribution >= 0.6 is 0 Å². The molecule has 17 heavy (non-hydrogen) atoms. The zero-order chi connectivity index (χ0) is 13.1. The van der Waals surface area contributed by atoms with Crippen LogP contribution in [0.15, 0.2) is 0 Å². The number of hydrogen-bond donors (Lipinski definition) is 0. The van der Waals surface area contributed by atoms with Gasteiger partial charge >= 0.3 is 9.28 Å². The molecule has 0 radical (unpaired) electrons. The van der Waals surface area contributed by atoms with Crippen molar-refractivity contribution >= 4 is 9.28 Å². The summed E-state index contributed by atoms with van der Waals surface area (Å²) >= 11 is 0. The van der Waals surface area contributed by atoms with Crippen LogP contribution in [0.2, 0.25) is 6.04 Å². The zero-order valence-corrected chi connectivity index (χ0v) is 13.1. The minimum atomic E-state index is -1.55. The highest BCUT2D eigenvalue weighted by Crippen LogP contribution is 2.11. The molecule has 0 fully saturated rings. The first-order valence-electron chi connectivity index (χ1n) is 6.55. The average Bonchev–Trinajstić information content (AvgIpc) is 2.34. The minimum absolute atomic E-state index is 0.142. The summed E-state index contributed by atoms with van der Waals surface area (Å²) in [6, 6.07) is 0.911. The van der Waals surface area contributed by atoms with Gasteiger partial charge in [-0.1, -0.05) is 6.92 Å². The highest BCUT2D eigenvalue weighted by molar-refractivity contribution is 6.44. The Bertz CT molecular complexity index is 163. The summed E-state index contributed by atoms with van der Waals surface area (Å²) in [5.74, 6) is 0. The van der Waals surface area contributed by atoms with E-state index in [1.165, 1.54) is 0 Å². The van der Waals surface area contributed by atoms with Crippen molar-refractivity contribution in [3.05, 3.63) is 0 Å². The third-order valence-corrected chi connectivity index (χ3v) is 4.91. The Labute approximate surface area is 107 Å². The van der Waals surface area contributed by atoms with Crippen molar-refractivity contribution in [2.75, 3.05) is 26.9 Å². The van der Waals surface area contributed by atoms with Crippen molar-refractivity contribution in [3.63, 3.8) is 0 Å². The highest BCUT2D eigenvalue weighted by Gasteiger charge is 2.19. The summed E-state index contributed by atoms with van der Waals surface area (Å²) in [6.45, 7) is 10.2. The van der Waals surface area contributed by atoms with E-state index in [2.05, 4.69) is 6.92 Å². The van der Waals surface area contributed by atoms with Crippen LogP contribution in [0, 0.1) is 0 Å². The van der Waals surface area contributed by atoms with Crippen molar-refractivity contribution in [3.8, 4) is 0 Å². The molecule has 0 spiro atoms. The fourth-order valence-electron chi connectivity index (χ4n) is 1.46. The van der Waals surface area contributed by atoms with Crippen LogP contribution in [0.25, 0.3) is 0 Å². The second kappa shape index (κ2) is 11.2. The van der Waals surface area contributed by atoms with E-state index in [1.54, 1.807) is 7.11 Å². The first-order chi connectivity index (χ1) is 8.17. The first-order valence-corrected chi connectivity index (χ1v) is 8.31. The number of methoxy groups -OCH3 is 1. The maximum Gasteiger partial charge on any atom is 0.324 e. The fraction of sp³-hybridized carbons (Fsp3) is 1.00. The van der Waals surface area contributed by atoms with E-state index in [0.717, 1.165) is 25.7 Å². The van der Waals surface area contributed by atoms with Gasteiger partial charge in [-0.25, -0.2) is 0 Å². The average molecular weight is 264 g/mol. The molecular formula is C12H28O4Si. The molecule has 5 heteroatoms. The maximum atomic E-state index is 5.82. The molecule has 2 unspecified atom stereocenters. The number of rotatable bonds is 11. The van der Waals surface area contributed by atoms with Gasteiger partial charge in [0.1, 0.15) is 0 Å². The lowest BCUT2D eigenvalue weighted by Gasteiger charge is -2.22. The van der Waals surface area contributed by atoms with Gasteiger partial charge in [-0.2, -0.15) is 0 Å². The van der Waals surface area contributed by atoms with Crippen LogP contribution in [0.1, 0.15) is 34.1 Å². The summed E-state index contributed by atoms with van der Waals surface area (Å²) in [6.07, 6.45) is 1.35. The van der Waals surface area contributed by atoms with E-state index in [0.29, 0.717) is 6.61 Å². The van der Waals surface area contributed by atoms with Crippen LogP contribution in [0.5, 0.6) is 0 Å². The minimum Gasteiger partial charge on any atom is -0.397 e. The molecule has 0 amide bonds. The van der Waals surface area contributed by atoms with Gasteiger partial charge in [0.15, 0.2) is 0 Å². The largest absolute Gasteiger partial charge is 0.397 e. The first kappa shape index (κ1) is 17.1. The normalized spacial score (nSPS) is 15.2. The third-order valence-electron chi connectivity index (χ3n) is 2.58. The van der Waals surface area contributed by atoms with Gasteiger partial charge in [-0.3, -0.25) is 0 Å². The molecule has 0 aliphatic rings. The predicted molar refractivity (Wildman–Crippen MR) is 71.7 cm³/mol. The van der Waals surface area contributed by atoms with E-state index in [1.807, 2.05) is 20.8 Å². The van der Waals surface area contributed by atoms with Gasteiger partial charge in [0.2, 0.25) is 0 Å². The van der Waals surface area contributed by atoms with Crippen molar-refractivity contribution in [1.82, 2.24) is 0 Å². The highest BCUT2D eigenvalue weighted by atomic mass is 28.3. The van der Waals surface area contributed by atoms with Crippen LogP contribution in [-0.2, 0) is 18.3 Å². The lowest BCUT2D eigenvalue weighted by molar-refractivity contribution is -0.0170. The molecular weight excluding hydrogens is 236 g/mol. The zero-order valence-electron chi connectivity index (χ0n) is 11.9. The molecule has 0 aromatic heterocycles. The molecule has 4 nitrogen and oxygen atoms in total. The van der Waals surface area contributed by atoms with E-state index >= 15 is 0 Å². The maximum absolute atomic E-state index is 5.82. The molecule has 2 atom stereocenters. The lowest BCUT2D eigenvalue weighted by Crippen LogP contribution is -2.30. The van der Waals surface area contributed by atoms with Crippen molar-refractivity contribution < 1.29 is 18.3 Å². The van der Waals surface area contributed by atoms with E-state index in [4.69, 9.17) is 18.3 Å². The van der Waals surface area contributed by atoms with E-state index in [-0.39, 0.29) is 12.2 Å². The summed E-state index contributed by atoms with van der Waals surface area (Å²) in [5, 5.41) is 0. The van der Waals surface area contributed by atoms with Crippen molar-refractivity contribution in [1.29, 1.82) is 0 Å². The summed E-state index contributed by atoms with van der Waals surface area (Å²) < 4.78 is 22.3. The van der Waals surface area contributed by atoms with Crippen LogP contribution in [0.3, 0.4) is 0 Å². The molecule has 0 aromatic carbocycles. The van der Waals surface area contributed by atoms with Gasteiger partial charge < -0.3 is 18.3 Å². The van der Waals surface area contributed by atoms with Crippen LogP contribution in [0.4, 0.5) is 0 Å². The number of ether oxygens (including phenoxy) is 2. The smallest absolute Gasteiger partial charge is 0.324 e. The van der Waals surface area contributed by atoms with Gasteiger partial charge in [0, 0.05) is 26.4 Å². The van der Waals surface area contributed by atoms with Gasteiger partial charge in [0.05, 0.1) is 18.8 Å². The Morgan fingerprint density at radius 3 is 2.06 bits per heavy atom. The fourth-order valence-corrected chi connectivity index (χ4v) is 3.47. The topological polar surface area (TPSA) is 36.9 Å². The van der Waals surface area contributed by atoms with Gasteiger partial charge in [-0.05, 0) is 27.2 Å². The Kier molecular flexibility index (Phi) is 11.2. The molecule has 104 valence electrons. The Balaban J connectivity index is 3.97. The monoisotopic (exact) mass is 264 g/mol. The van der Waals surface area contributed by atoms with Crippen molar-refractivity contribution in [2.45, 2.75) is 52.4 Å². The molecule has 0 aliphatic heterocycles. The molecule has 0 aliphatic carbocycles. The summed E-state index contributed by atoms with van der Waals surface area (Å²) in [4.78, 5) is 0. The molecule has 0 saturated heterocycles. The standard InChI is InChI=1S/C12H28O4Si/c1-6-12(14-9-11(4)13-5)10-17(15-7-2)16-8-3/h11-12,17H,6-10H2,1-5H3.